The van der Waals surface area contributed by atoms with Crippen molar-refractivity contribution in [1.29, 1.82) is 0 Å². The van der Waals surface area contributed by atoms with Crippen molar-refractivity contribution in [3.63, 3.8) is 0 Å². The Bertz CT molecular complexity index is 770. The van der Waals surface area contributed by atoms with Crippen LogP contribution in [0.25, 0.3) is 0 Å². The van der Waals surface area contributed by atoms with Crippen molar-refractivity contribution in [3.8, 4) is 5.75 Å². The van der Waals surface area contributed by atoms with Crippen molar-refractivity contribution in [2.24, 2.45) is 0 Å². The molecule has 1 atom stereocenters. The van der Waals surface area contributed by atoms with Gasteiger partial charge in [0.2, 0.25) is 0 Å². The third kappa shape index (κ3) is 6.71. The van der Waals surface area contributed by atoms with Crippen LogP contribution in [0.15, 0.2) is 42.5 Å². The van der Waals surface area contributed by atoms with Gasteiger partial charge in [-0.1, -0.05) is 50.6 Å². The summed E-state index contributed by atoms with van der Waals surface area (Å²) in [4.78, 5) is 12.2. The van der Waals surface area contributed by atoms with Crippen LogP contribution in [0, 0.1) is 5.82 Å². The number of thioether (sulfide) groups is 1. The van der Waals surface area contributed by atoms with Crippen LogP contribution in [0.2, 0.25) is 5.02 Å². The smallest absolute Gasteiger partial charge is 0.260 e. The monoisotopic (exact) mass is 423 g/mol. The van der Waals surface area contributed by atoms with Gasteiger partial charge in [0.1, 0.15) is 11.6 Å². The van der Waals surface area contributed by atoms with Crippen LogP contribution < -0.4 is 10.1 Å². The maximum atomic E-state index is 13.7. The second-order valence-electron chi connectivity index (χ2n) is 7.58. The Morgan fingerprint density at radius 3 is 2.50 bits per heavy atom. The molecule has 0 unspecified atom stereocenters. The molecule has 2 aromatic carbocycles. The van der Waals surface area contributed by atoms with Crippen LogP contribution in [0.4, 0.5) is 4.39 Å². The van der Waals surface area contributed by atoms with Crippen molar-refractivity contribution < 1.29 is 13.9 Å². The van der Waals surface area contributed by atoms with Gasteiger partial charge in [-0.2, -0.15) is 11.8 Å². The van der Waals surface area contributed by atoms with Gasteiger partial charge in [0, 0.05) is 28.6 Å². The lowest BCUT2D eigenvalue weighted by Gasteiger charge is -2.20. The first-order chi connectivity index (χ1) is 13.2. The number of nitrogens with one attached hydrogen (secondary N) is 1. The lowest BCUT2D eigenvalue weighted by Crippen LogP contribution is -2.37. The molecule has 0 fully saturated rings. The minimum absolute atomic E-state index is 0.0755. The number of hydrogen-bond donors (Lipinski definition) is 1. The van der Waals surface area contributed by atoms with Crippen molar-refractivity contribution in [2.45, 2.75) is 45.0 Å². The number of hydrogen-bond acceptors (Lipinski definition) is 3. The van der Waals surface area contributed by atoms with Crippen LogP contribution >= 0.6 is 23.4 Å². The molecule has 0 aliphatic carbocycles. The van der Waals surface area contributed by atoms with Crippen LogP contribution in [0.5, 0.6) is 5.75 Å². The molecule has 152 valence electrons. The fourth-order valence-corrected chi connectivity index (χ4v) is 3.72. The molecule has 0 aliphatic heterocycles. The van der Waals surface area contributed by atoms with Crippen molar-refractivity contribution in [3.05, 3.63) is 64.4 Å². The number of amides is 1. The van der Waals surface area contributed by atoms with E-state index < -0.39 is 6.10 Å². The maximum absolute atomic E-state index is 13.7. The van der Waals surface area contributed by atoms with Crippen LogP contribution in [-0.4, -0.2) is 24.3 Å². The summed E-state index contributed by atoms with van der Waals surface area (Å²) in [5.41, 5.74) is 1.78. The Morgan fingerprint density at radius 2 is 1.89 bits per heavy atom. The SMILES string of the molecule is C[C@@H](Oc1ccc(C(C)(C)C)cc1)C(=O)NCCSCc1c(F)cccc1Cl. The van der Waals surface area contributed by atoms with E-state index in [2.05, 4.69) is 26.1 Å². The number of benzene rings is 2. The fraction of sp³-hybridized carbons (Fsp3) is 0.409. The number of carbonyl (C=O) groups excluding carboxylic acids is 1. The summed E-state index contributed by atoms with van der Waals surface area (Å²) < 4.78 is 19.4. The average molecular weight is 424 g/mol. The zero-order valence-corrected chi connectivity index (χ0v) is 18.3. The molecular formula is C22H27ClFNO2S. The van der Waals surface area contributed by atoms with Gasteiger partial charge in [0.05, 0.1) is 0 Å². The highest BCUT2D eigenvalue weighted by atomic mass is 35.5. The van der Waals surface area contributed by atoms with E-state index in [4.69, 9.17) is 16.3 Å². The third-order valence-corrected chi connectivity index (χ3v) is 5.60. The van der Waals surface area contributed by atoms with Gasteiger partial charge in [-0.15, -0.1) is 0 Å². The highest BCUT2D eigenvalue weighted by molar-refractivity contribution is 7.98. The Morgan fingerprint density at radius 1 is 1.21 bits per heavy atom. The number of ether oxygens (including phenoxy) is 1. The molecule has 6 heteroatoms. The van der Waals surface area contributed by atoms with Gasteiger partial charge in [0.15, 0.2) is 6.10 Å². The van der Waals surface area contributed by atoms with Gasteiger partial charge in [0.25, 0.3) is 5.91 Å². The maximum Gasteiger partial charge on any atom is 0.260 e. The minimum atomic E-state index is -0.591. The lowest BCUT2D eigenvalue weighted by molar-refractivity contribution is -0.127. The highest BCUT2D eigenvalue weighted by Gasteiger charge is 2.16. The molecule has 1 N–H and O–H groups in total. The zero-order chi connectivity index (χ0) is 20.7. The van der Waals surface area contributed by atoms with E-state index in [1.165, 1.54) is 23.4 Å². The summed E-state index contributed by atoms with van der Waals surface area (Å²) in [6.07, 6.45) is -0.591. The van der Waals surface area contributed by atoms with Crippen LogP contribution in [0.3, 0.4) is 0 Å². The van der Waals surface area contributed by atoms with Gasteiger partial charge >= 0.3 is 0 Å². The molecule has 3 nitrogen and oxygen atoms in total. The molecule has 2 rings (SSSR count). The van der Waals surface area contributed by atoms with E-state index in [0.717, 1.165) is 0 Å². The first-order valence-corrected chi connectivity index (χ1v) is 10.8. The Kier molecular flexibility index (Phi) is 8.20. The molecule has 2 aromatic rings. The zero-order valence-electron chi connectivity index (χ0n) is 16.7. The summed E-state index contributed by atoms with van der Waals surface area (Å²) in [5, 5.41) is 3.27. The third-order valence-electron chi connectivity index (χ3n) is 4.26. The Hall–Kier alpha value is -1.72. The minimum Gasteiger partial charge on any atom is -0.481 e. The summed E-state index contributed by atoms with van der Waals surface area (Å²) in [5.74, 6) is 1.31. The highest BCUT2D eigenvalue weighted by Crippen LogP contribution is 2.25. The predicted molar refractivity (Wildman–Crippen MR) is 116 cm³/mol. The summed E-state index contributed by atoms with van der Waals surface area (Å²) in [7, 11) is 0. The lowest BCUT2D eigenvalue weighted by atomic mass is 9.87. The van der Waals surface area contributed by atoms with Crippen LogP contribution in [-0.2, 0) is 16.0 Å². The summed E-state index contributed by atoms with van der Waals surface area (Å²) in [6, 6.07) is 12.5. The van der Waals surface area contributed by atoms with E-state index >= 15 is 0 Å². The molecule has 28 heavy (non-hydrogen) atoms. The van der Waals surface area contributed by atoms with Gasteiger partial charge in [-0.05, 0) is 42.2 Å². The topological polar surface area (TPSA) is 38.3 Å². The molecule has 0 saturated carbocycles. The first kappa shape index (κ1) is 22.6. The summed E-state index contributed by atoms with van der Waals surface area (Å²) in [6.45, 7) is 8.65. The van der Waals surface area contributed by atoms with Crippen molar-refractivity contribution in [1.82, 2.24) is 5.32 Å². The largest absolute Gasteiger partial charge is 0.481 e. The van der Waals surface area contributed by atoms with Crippen molar-refractivity contribution >= 4 is 29.3 Å². The molecule has 0 aromatic heterocycles. The van der Waals surface area contributed by atoms with Crippen LogP contribution in [0.1, 0.15) is 38.8 Å². The van der Waals surface area contributed by atoms with Crippen molar-refractivity contribution in [2.75, 3.05) is 12.3 Å². The number of halogens is 2. The van der Waals surface area contributed by atoms with Gasteiger partial charge < -0.3 is 10.1 Å². The molecule has 0 radical (unpaired) electrons. The molecule has 1 amide bonds. The Balaban J connectivity index is 1.72. The van der Waals surface area contributed by atoms with E-state index in [9.17, 15) is 9.18 Å². The Labute approximate surface area is 176 Å². The van der Waals surface area contributed by atoms with E-state index in [1.807, 2.05) is 24.3 Å². The summed E-state index contributed by atoms with van der Waals surface area (Å²) >= 11 is 7.52. The molecule has 0 bridgehead atoms. The molecule has 0 saturated heterocycles. The second kappa shape index (κ2) is 10.2. The number of carbonyl (C=O) groups is 1. The quantitative estimate of drug-likeness (QED) is 0.562. The first-order valence-electron chi connectivity index (χ1n) is 9.24. The molecule has 0 heterocycles. The molecule has 0 aliphatic rings. The van der Waals surface area contributed by atoms with E-state index in [1.54, 1.807) is 19.1 Å². The predicted octanol–water partition coefficient (Wildman–Crippen LogP) is 5.59. The van der Waals surface area contributed by atoms with E-state index in [0.29, 0.717) is 34.4 Å². The number of rotatable bonds is 8. The second-order valence-corrected chi connectivity index (χ2v) is 9.09. The normalized spacial score (nSPS) is 12.5. The van der Waals surface area contributed by atoms with Gasteiger partial charge in [-0.25, -0.2) is 4.39 Å². The molecular weight excluding hydrogens is 397 g/mol. The van der Waals surface area contributed by atoms with E-state index in [-0.39, 0.29) is 17.1 Å². The molecule has 0 spiro atoms. The fourth-order valence-electron chi connectivity index (χ4n) is 2.53. The average Bonchev–Trinajstić information content (AvgIpc) is 2.63. The van der Waals surface area contributed by atoms with Gasteiger partial charge in [-0.3, -0.25) is 4.79 Å². The standard InChI is InChI=1S/C22H27ClFNO2S/c1-15(27-17-10-8-16(9-11-17)22(2,3)4)21(26)25-12-13-28-14-18-19(23)6-5-7-20(18)24/h5-11,15H,12-14H2,1-4H3,(H,25,26)/t15-/m1/s1.